The highest BCUT2D eigenvalue weighted by atomic mass is 35.5. The van der Waals surface area contributed by atoms with Crippen LogP contribution in [0, 0.1) is 11.6 Å². The number of carbonyl (C=O) groups is 1. The average Bonchev–Trinajstić information content (AvgIpc) is 2.62. The number of aliphatic carboxylic acids is 1. The van der Waals surface area contributed by atoms with E-state index in [1.54, 1.807) is 0 Å². The number of hydrogen-bond acceptors (Lipinski definition) is 3. The molecule has 1 fully saturated rings. The third-order valence-corrected chi connectivity index (χ3v) is 5.13. The maximum atomic E-state index is 13.8. The third-order valence-electron chi connectivity index (χ3n) is 5.13. The van der Waals surface area contributed by atoms with E-state index in [1.165, 1.54) is 12.1 Å². The van der Waals surface area contributed by atoms with Crippen LogP contribution in [0.2, 0.25) is 0 Å². The number of carboxylic acids is 1. The van der Waals surface area contributed by atoms with Crippen LogP contribution in [0.4, 0.5) is 8.78 Å². The van der Waals surface area contributed by atoms with Gasteiger partial charge in [-0.1, -0.05) is 18.2 Å². The second-order valence-electron chi connectivity index (χ2n) is 7.05. The fourth-order valence-corrected chi connectivity index (χ4v) is 3.84. The molecule has 0 amide bonds. The van der Waals surface area contributed by atoms with Gasteiger partial charge in [0.1, 0.15) is 23.0 Å². The van der Waals surface area contributed by atoms with Gasteiger partial charge in [-0.15, -0.1) is 12.4 Å². The number of rotatable bonds is 3. The van der Waals surface area contributed by atoms with Crippen molar-refractivity contribution in [2.75, 3.05) is 19.6 Å². The van der Waals surface area contributed by atoms with Gasteiger partial charge in [0, 0.05) is 37.6 Å². The Kier molecular flexibility index (Phi) is 5.72. The topological polar surface area (TPSA) is 49.8 Å². The maximum absolute atomic E-state index is 13.8. The molecule has 2 heterocycles. The van der Waals surface area contributed by atoms with Gasteiger partial charge < -0.3 is 9.84 Å². The van der Waals surface area contributed by atoms with Crippen LogP contribution in [0.25, 0.3) is 5.57 Å². The molecule has 7 heteroatoms. The highest BCUT2D eigenvalue weighted by molar-refractivity contribution is 5.85. The largest absolute Gasteiger partial charge is 0.482 e. The molecule has 1 spiro atoms. The predicted octanol–water partition coefficient (Wildman–Crippen LogP) is 4.13. The van der Waals surface area contributed by atoms with Gasteiger partial charge >= 0.3 is 5.97 Å². The minimum Gasteiger partial charge on any atom is -0.482 e. The quantitative estimate of drug-likeness (QED) is 0.831. The monoisotopic (exact) mass is 407 g/mol. The van der Waals surface area contributed by atoms with E-state index in [9.17, 15) is 13.6 Å². The fraction of sp³-hybridized carbons (Fsp3) is 0.286. The molecule has 2 aromatic carbocycles. The number of ether oxygens (including phenoxy) is 1. The number of para-hydroxylation sites is 1. The molecule has 2 aliphatic rings. The highest BCUT2D eigenvalue weighted by Crippen LogP contribution is 2.43. The van der Waals surface area contributed by atoms with Crippen molar-refractivity contribution in [2.45, 2.75) is 18.4 Å². The van der Waals surface area contributed by atoms with E-state index >= 15 is 0 Å². The molecular formula is C21H20ClF2NO3. The van der Waals surface area contributed by atoms with Crippen LogP contribution in [-0.4, -0.2) is 41.2 Å². The Morgan fingerprint density at radius 2 is 1.75 bits per heavy atom. The Bertz CT molecular complexity index is 903. The molecule has 0 bridgehead atoms. The Hall–Kier alpha value is -2.44. The molecule has 4 rings (SSSR count). The van der Waals surface area contributed by atoms with Gasteiger partial charge in [0.25, 0.3) is 0 Å². The van der Waals surface area contributed by atoms with Crippen molar-refractivity contribution >= 4 is 23.9 Å². The van der Waals surface area contributed by atoms with Gasteiger partial charge in [0.05, 0.1) is 6.54 Å². The van der Waals surface area contributed by atoms with Crippen molar-refractivity contribution in [1.29, 1.82) is 0 Å². The van der Waals surface area contributed by atoms with Crippen LogP contribution in [0.5, 0.6) is 5.75 Å². The van der Waals surface area contributed by atoms with E-state index in [2.05, 4.69) is 0 Å². The number of benzene rings is 2. The molecule has 0 atom stereocenters. The van der Waals surface area contributed by atoms with Gasteiger partial charge in [0.2, 0.25) is 0 Å². The molecule has 28 heavy (non-hydrogen) atoms. The standard InChI is InChI=1S/C21H19F2NO3.ClH/c22-15-9-14(10-16(23)11-15)18-12-21(27-19-4-2-1-3-17(18)19)5-7-24(8-6-21)13-20(25)26;/h1-4,9-12H,5-8,13H2,(H,25,26);1H. The molecule has 2 aliphatic heterocycles. The second kappa shape index (κ2) is 7.89. The molecule has 0 aliphatic carbocycles. The summed E-state index contributed by atoms with van der Waals surface area (Å²) in [6, 6.07) is 10.9. The minimum atomic E-state index is -0.854. The van der Waals surface area contributed by atoms with E-state index in [1.807, 2.05) is 35.2 Å². The molecule has 1 N–H and O–H groups in total. The van der Waals surface area contributed by atoms with Crippen LogP contribution in [0.1, 0.15) is 24.0 Å². The number of piperidine rings is 1. The van der Waals surface area contributed by atoms with Crippen molar-refractivity contribution < 1.29 is 23.4 Å². The predicted molar refractivity (Wildman–Crippen MR) is 104 cm³/mol. The zero-order chi connectivity index (χ0) is 19.0. The van der Waals surface area contributed by atoms with Crippen LogP contribution < -0.4 is 4.74 Å². The zero-order valence-electron chi connectivity index (χ0n) is 15.0. The maximum Gasteiger partial charge on any atom is 0.317 e. The first-order valence-corrected chi connectivity index (χ1v) is 8.86. The van der Waals surface area contributed by atoms with Gasteiger partial charge in [-0.3, -0.25) is 9.69 Å². The summed E-state index contributed by atoms with van der Waals surface area (Å²) in [6.07, 6.45) is 3.16. The lowest BCUT2D eigenvalue weighted by atomic mass is 9.83. The Morgan fingerprint density at radius 1 is 1.11 bits per heavy atom. The highest BCUT2D eigenvalue weighted by Gasteiger charge is 2.39. The summed E-state index contributed by atoms with van der Waals surface area (Å²) in [6.45, 7) is 1.16. The van der Waals surface area contributed by atoms with Gasteiger partial charge in [-0.25, -0.2) is 8.78 Å². The molecule has 4 nitrogen and oxygen atoms in total. The van der Waals surface area contributed by atoms with Crippen molar-refractivity contribution in [1.82, 2.24) is 4.90 Å². The van der Waals surface area contributed by atoms with Crippen molar-refractivity contribution in [3.63, 3.8) is 0 Å². The summed E-state index contributed by atoms with van der Waals surface area (Å²) >= 11 is 0. The molecule has 148 valence electrons. The Balaban J connectivity index is 0.00000225. The number of halogens is 3. The first-order valence-electron chi connectivity index (χ1n) is 8.86. The van der Waals surface area contributed by atoms with E-state index in [4.69, 9.17) is 9.84 Å². The van der Waals surface area contributed by atoms with Gasteiger partial charge in [0.15, 0.2) is 0 Å². The number of fused-ring (bicyclic) bond motifs is 1. The first-order chi connectivity index (χ1) is 12.9. The lowest BCUT2D eigenvalue weighted by Crippen LogP contribution is -2.49. The van der Waals surface area contributed by atoms with Crippen LogP contribution in [0.3, 0.4) is 0 Å². The van der Waals surface area contributed by atoms with E-state index in [0.29, 0.717) is 37.2 Å². The summed E-state index contributed by atoms with van der Waals surface area (Å²) in [5, 5.41) is 8.98. The fourth-order valence-electron chi connectivity index (χ4n) is 3.84. The number of carboxylic acid groups (broad SMARTS) is 1. The molecule has 0 unspecified atom stereocenters. The molecule has 0 saturated carbocycles. The number of likely N-dealkylation sites (tertiary alicyclic amines) is 1. The van der Waals surface area contributed by atoms with Crippen LogP contribution >= 0.6 is 12.4 Å². The summed E-state index contributed by atoms with van der Waals surface area (Å²) in [7, 11) is 0. The van der Waals surface area contributed by atoms with E-state index < -0.39 is 23.2 Å². The summed E-state index contributed by atoms with van der Waals surface area (Å²) in [4.78, 5) is 12.8. The summed E-state index contributed by atoms with van der Waals surface area (Å²) < 4.78 is 33.9. The van der Waals surface area contributed by atoms with Gasteiger partial charge in [-0.2, -0.15) is 0 Å². The van der Waals surface area contributed by atoms with Crippen LogP contribution in [0.15, 0.2) is 48.5 Å². The lowest BCUT2D eigenvalue weighted by Gasteiger charge is -2.42. The van der Waals surface area contributed by atoms with E-state index in [-0.39, 0.29) is 19.0 Å². The molecular weight excluding hydrogens is 388 g/mol. The van der Waals surface area contributed by atoms with Crippen molar-refractivity contribution in [3.05, 3.63) is 71.3 Å². The average molecular weight is 408 g/mol. The lowest BCUT2D eigenvalue weighted by molar-refractivity contribution is -0.139. The Morgan fingerprint density at radius 3 is 2.39 bits per heavy atom. The van der Waals surface area contributed by atoms with E-state index in [0.717, 1.165) is 17.2 Å². The SMILES string of the molecule is Cl.O=C(O)CN1CCC2(C=C(c3cc(F)cc(F)c3)c3ccccc3O2)CC1. The smallest absolute Gasteiger partial charge is 0.317 e. The normalized spacial score (nSPS) is 17.9. The molecule has 0 aromatic heterocycles. The minimum absolute atomic E-state index is 0. The second-order valence-corrected chi connectivity index (χ2v) is 7.05. The van der Waals surface area contributed by atoms with Crippen molar-refractivity contribution in [2.24, 2.45) is 0 Å². The van der Waals surface area contributed by atoms with Crippen molar-refractivity contribution in [3.8, 4) is 5.75 Å². The summed E-state index contributed by atoms with van der Waals surface area (Å²) in [5.74, 6) is -1.43. The molecule has 0 radical (unpaired) electrons. The molecule has 2 aromatic rings. The van der Waals surface area contributed by atoms with Crippen LogP contribution in [-0.2, 0) is 4.79 Å². The number of hydrogen-bond donors (Lipinski definition) is 1. The van der Waals surface area contributed by atoms with Gasteiger partial charge in [-0.05, 0) is 35.4 Å². The zero-order valence-corrected chi connectivity index (χ0v) is 15.8. The third kappa shape index (κ3) is 4.03. The first kappa shape index (κ1) is 20.3. The molecule has 1 saturated heterocycles. The summed E-state index contributed by atoms with van der Waals surface area (Å²) in [5.41, 5.74) is 1.39. The number of nitrogens with zero attached hydrogens (tertiary/aromatic N) is 1. The Labute approximate surface area is 167 Å².